The maximum absolute atomic E-state index is 11.0. The quantitative estimate of drug-likeness (QED) is 0.761. The highest BCUT2D eigenvalue weighted by molar-refractivity contribution is 7.89. The third-order valence-electron chi connectivity index (χ3n) is 1.96. The average molecular weight is 219 g/mol. The van der Waals surface area contributed by atoms with Gasteiger partial charge in [0.2, 0.25) is 0 Å². The van der Waals surface area contributed by atoms with E-state index in [0.717, 1.165) is 0 Å². The van der Waals surface area contributed by atoms with E-state index in [4.69, 9.17) is 9.88 Å². The van der Waals surface area contributed by atoms with E-state index in [2.05, 4.69) is 5.10 Å². The molecule has 0 aliphatic carbocycles. The second kappa shape index (κ2) is 3.68. The Bertz CT molecular complexity index is 423. The van der Waals surface area contributed by atoms with Crippen molar-refractivity contribution in [2.24, 2.45) is 12.2 Å². The Morgan fingerprint density at radius 2 is 2.21 bits per heavy atom. The first-order chi connectivity index (χ1) is 6.36. The van der Waals surface area contributed by atoms with Gasteiger partial charge in [-0.05, 0) is 6.92 Å². The van der Waals surface area contributed by atoms with Gasteiger partial charge in [-0.2, -0.15) is 5.10 Å². The lowest BCUT2D eigenvalue weighted by Crippen LogP contribution is -2.13. The lowest BCUT2D eigenvalue weighted by molar-refractivity contribution is 0.112. The van der Waals surface area contributed by atoms with Crippen LogP contribution in [0.25, 0.3) is 0 Å². The number of ether oxygens (including phenoxy) is 1. The van der Waals surface area contributed by atoms with Crippen LogP contribution in [0.5, 0.6) is 0 Å². The van der Waals surface area contributed by atoms with Gasteiger partial charge in [0.25, 0.3) is 10.0 Å². The van der Waals surface area contributed by atoms with Gasteiger partial charge >= 0.3 is 0 Å². The molecule has 80 valence electrons. The van der Waals surface area contributed by atoms with Crippen LogP contribution in [-0.4, -0.2) is 25.3 Å². The van der Waals surface area contributed by atoms with Crippen LogP contribution in [-0.2, 0) is 21.8 Å². The van der Waals surface area contributed by atoms with Crippen LogP contribution in [0.4, 0.5) is 0 Å². The first-order valence-corrected chi connectivity index (χ1v) is 5.50. The highest BCUT2D eigenvalue weighted by atomic mass is 32.2. The monoisotopic (exact) mass is 219 g/mol. The molecule has 1 rings (SSSR count). The van der Waals surface area contributed by atoms with Gasteiger partial charge in [0.1, 0.15) is 0 Å². The Morgan fingerprint density at radius 1 is 1.64 bits per heavy atom. The van der Waals surface area contributed by atoms with Crippen molar-refractivity contribution in [1.29, 1.82) is 0 Å². The van der Waals surface area contributed by atoms with Crippen LogP contribution < -0.4 is 5.14 Å². The predicted molar refractivity (Wildman–Crippen MR) is 50.0 cm³/mol. The number of rotatable bonds is 3. The number of hydrogen-bond acceptors (Lipinski definition) is 4. The van der Waals surface area contributed by atoms with Crippen LogP contribution in [0.1, 0.15) is 18.7 Å². The zero-order valence-corrected chi connectivity index (χ0v) is 9.08. The smallest absolute Gasteiger partial charge is 0.257 e. The molecule has 0 fully saturated rings. The summed E-state index contributed by atoms with van der Waals surface area (Å²) in [7, 11) is -0.559. The first-order valence-electron chi connectivity index (χ1n) is 3.95. The minimum atomic E-state index is -3.73. The van der Waals surface area contributed by atoms with Crippen LogP contribution in [0.2, 0.25) is 0 Å². The van der Waals surface area contributed by atoms with E-state index in [0.29, 0.717) is 5.69 Å². The second-order valence-electron chi connectivity index (χ2n) is 2.95. The number of hydrogen-bond donors (Lipinski definition) is 1. The summed E-state index contributed by atoms with van der Waals surface area (Å²) in [5, 5.41) is 8.57. The molecule has 2 N–H and O–H groups in total. The number of aromatic nitrogens is 2. The van der Waals surface area contributed by atoms with E-state index >= 15 is 0 Å². The van der Waals surface area contributed by atoms with Gasteiger partial charge in [-0.15, -0.1) is 0 Å². The summed E-state index contributed by atoms with van der Waals surface area (Å²) < 4.78 is 28.4. The van der Waals surface area contributed by atoms with Crippen molar-refractivity contribution >= 4 is 10.0 Å². The molecule has 0 saturated carbocycles. The fraction of sp³-hybridized carbons (Fsp3) is 0.571. The number of nitrogens with two attached hydrogens (primary N) is 1. The van der Waals surface area contributed by atoms with Crippen LogP contribution >= 0.6 is 0 Å². The van der Waals surface area contributed by atoms with E-state index in [-0.39, 0.29) is 11.1 Å². The summed E-state index contributed by atoms with van der Waals surface area (Å²) in [6.45, 7) is 1.80. The maximum atomic E-state index is 11.0. The number of methoxy groups -OCH3 is 1. The van der Waals surface area contributed by atoms with Gasteiger partial charge in [-0.1, -0.05) is 0 Å². The Hall–Kier alpha value is -0.920. The largest absolute Gasteiger partial charge is 0.375 e. The van der Waals surface area contributed by atoms with E-state index in [9.17, 15) is 8.42 Å². The van der Waals surface area contributed by atoms with Crippen molar-refractivity contribution in [3.63, 3.8) is 0 Å². The Morgan fingerprint density at radius 3 is 2.57 bits per heavy atom. The van der Waals surface area contributed by atoms with E-state index in [1.54, 1.807) is 14.0 Å². The van der Waals surface area contributed by atoms with Gasteiger partial charge < -0.3 is 4.74 Å². The second-order valence-corrected chi connectivity index (χ2v) is 4.46. The molecule has 0 amide bonds. The molecule has 14 heavy (non-hydrogen) atoms. The highest BCUT2D eigenvalue weighted by Crippen LogP contribution is 2.17. The molecule has 1 unspecified atom stereocenters. The van der Waals surface area contributed by atoms with Gasteiger partial charge in [0.05, 0.1) is 11.8 Å². The number of sulfonamides is 1. The normalized spacial score (nSPS) is 14.3. The molecule has 1 aromatic rings. The molecule has 1 atom stereocenters. The van der Waals surface area contributed by atoms with Crippen molar-refractivity contribution in [2.45, 2.75) is 18.1 Å². The van der Waals surface area contributed by atoms with Crippen LogP contribution in [0.3, 0.4) is 0 Å². The van der Waals surface area contributed by atoms with E-state index in [1.807, 2.05) is 0 Å². The standard InChI is InChI=1S/C7H13N3O3S/c1-5(13-3)6-4-7(9-10(6)2)14(8,11)12/h4-5H,1-3H3,(H2,8,11,12). The van der Waals surface area contributed by atoms with Gasteiger partial charge in [0.15, 0.2) is 5.03 Å². The summed E-state index contributed by atoms with van der Waals surface area (Å²) >= 11 is 0. The number of primary sulfonamides is 1. The molecule has 1 heterocycles. The van der Waals surface area contributed by atoms with Crippen molar-refractivity contribution in [3.8, 4) is 0 Å². The van der Waals surface area contributed by atoms with Crippen molar-refractivity contribution in [3.05, 3.63) is 11.8 Å². The highest BCUT2D eigenvalue weighted by Gasteiger charge is 2.17. The Kier molecular flexibility index (Phi) is 2.93. The van der Waals surface area contributed by atoms with Crippen LogP contribution in [0.15, 0.2) is 11.1 Å². The summed E-state index contributed by atoms with van der Waals surface area (Å²) in [6, 6.07) is 1.41. The van der Waals surface area contributed by atoms with Crippen molar-refractivity contribution < 1.29 is 13.2 Å². The fourth-order valence-electron chi connectivity index (χ4n) is 1.09. The molecule has 0 radical (unpaired) electrons. The van der Waals surface area contributed by atoms with Crippen LogP contribution in [0, 0.1) is 0 Å². The molecular weight excluding hydrogens is 206 g/mol. The zero-order valence-electron chi connectivity index (χ0n) is 8.26. The number of nitrogens with zero attached hydrogens (tertiary/aromatic N) is 2. The molecule has 0 aliphatic rings. The molecular formula is C7H13N3O3S. The molecule has 0 aromatic carbocycles. The topological polar surface area (TPSA) is 87.2 Å². The Labute approximate surface area is 82.7 Å². The summed E-state index contributed by atoms with van der Waals surface area (Å²) in [4.78, 5) is 0. The molecule has 0 bridgehead atoms. The molecule has 0 aliphatic heterocycles. The molecule has 0 spiro atoms. The predicted octanol–water partition coefficient (Wildman–Crippen LogP) is -0.225. The van der Waals surface area contributed by atoms with Crippen molar-refractivity contribution in [2.75, 3.05) is 7.11 Å². The minimum absolute atomic E-state index is 0.140. The first kappa shape index (κ1) is 11.2. The zero-order chi connectivity index (χ0) is 10.9. The minimum Gasteiger partial charge on any atom is -0.375 e. The molecule has 1 aromatic heterocycles. The van der Waals surface area contributed by atoms with Gasteiger partial charge in [-0.3, -0.25) is 4.68 Å². The third-order valence-corrected chi connectivity index (χ3v) is 2.74. The lowest BCUT2D eigenvalue weighted by atomic mass is 10.3. The van der Waals surface area contributed by atoms with E-state index in [1.165, 1.54) is 17.9 Å². The molecule has 0 saturated heterocycles. The lowest BCUT2D eigenvalue weighted by Gasteiger charge is -2.08. The summed E-state index contributed by atoms with van der Waals surface area (Å²) in [5.74, 6) is 0. The van der Waals surface area contributed by atoms with E-state index < -0.39 is 10.0 Å². The Balaban J connectivity index is 3.18. The number of aryl methyl sites for hydroxylation is 1. The molecule has 7 heteroatoms. The molecule has 6 nitrogen and oxygen atoms in total. The maximum Gasteiger partial charge on any atom is 0.257 e. The van der Waals surface area contributed by atoms with Gasteiger partial charge in [0, 0.05) is 20.2 Å². The average Bonchev–Trinajstić information content (AvgIpc) is 2.45. The fourth-order valence-corrected chi connectivity index (χ4v) is 1.62. The third kappa shape index (κ3) is 2.11. The summed E-state index contributed by atoms with van der Waals surface area (Å²) in [6.07, 6.45) is -0.219. The SMILES string of the molecule is COC(C)c1cc(S(N)(=O)=O)nn1C. The van der Waals surface area contributed by atoms with Gasteiger partial charge in [-0.25, -0.2) is 13.6 Å². The van der Waals surface area contributed by atoms with Crippen molar-refractivity contribution in [1.82, 2.24) is 9.78 Å². The summed E-state index contributed by atoms with van der Waals surface area (Å²) in [5.41, 5.74) is 0.663.